The first-order valence-electron chi connectivity index (χ1n) is 7.39. The molecule has 0 spiro atoms. The lowest BCUT2D eigenvalue weighted by atomic mass is 10.1. The van der Waals surface area contributed by atoms with Crippen LogP contribution in [0.1, 0.15) is 31.7 Å². The van der Waals surface area contributed by atoms with E-state index in [1.165, 1.54) is 12.5 Å². The second kappa shape index (κ2) is 9.78. The van der Waals surface area contributed by atoms with Crippen LogP contribution in [-0.4, -0.2) is 41.0 Å². The van der Waals surface area contributed by atoms with Gasteiger partial charge in [0.15, 0.2) is 6.04 Å². The van der Waals surface area contributed by atoms with Crippen LogP contribution >= 0.6 is 0 Å². The minimum absolute atomic E-state index is 0.229. The normalized spacial score (nSPS) is 13.2. The molecule has 22 heavy (non-hydrogen) atoms. The van der Waals surface area contributed by atoms with E-state index < -0.39 is 24.2 Å². The summed E-state index contributed by atoms with van der Waals surface area (Å²) in [6.07, 6.45) is 1.61. The van der Waals surface area contributed by atoms with Crippen molar-refractivity contribution in [3.05, 3.63) is 35.9 Å². The maximum Gasteiger partial charge on any atom is 0.407 e. The van der Waals surface area contributed by atoms with E-state index in [4.69, 9.17) is 9.84 Å². The lowest BCUT2D eigenvalue weighted by molar-refractivity contribution is -0.142. The topological polar surface area (TPSA) is 95.9 Å². The smallest absolute Gasteiger partial charge is 0.407 e. The summed E-state index contributed by atoms with van der Waals surface area (Å²) in [6.45, 7) is 1.52. The van der Waals surface area contributed by atoms with E-state index in [1.807, 2.05) is 18.2 Å². The van der Waals surface area contributed by atoms with Crippen LogP contribution in [0.3, 0.4) is 0 Å². The molecule has 1 amide bonds. The van der Waals surface area contributed by atoms with Crippen molar-refractivity contribution in [2.75, 3.05) is 6.61 Å². The summed E-state index contributed by atoms with van der Waals surface area (Å²) in [7, 11) is 0. The molecule has 0 aliphatic rings. The zero-order valence-corrected chi connectivity index (χ0v) is 12.7. The Labute approximate surface area is 130 Å². The fourth-order valence-corrected chi connectivity index (χ4v) is 1.97. The standard InChI is InChI=1S/C16H23NO5/c1-12(18)14(15(19)20)17-16(21)22-11-7-3-6-10-13-8-4-2-5-9-13/h2,4-5,8-9,12,14,18H,3,6-7,10-11H2,1H3,(H,17,21)(H,19,20)/t12-,14-/m1/s1. The molecule has 0 unspecified atom stereocenters. The van der Waals surface area contributed by atoms with E-state index in [-0.39, 0.29) is 6.61 Å². The molecule has 2 atom stereocenters. The maximum atomic E-state index is 11.4. The quantitative estimate of drug-likeness (QED) is 0.606. The van der Waals surface area contributed by atoms with Crippen LogP contribution in [0.2, 0.25) is 0 Å². The number of aliphatic hydroxyl groups is 1. The van der Waals surface area contributed by atoms with E-state index >= 15 is 0 Å². The van der Waals surface area contributed by atoms with Gasteiger partial charge >= 0.3 is 12.1 Å². The summed E-state index contributed by atoms with van der Waals surface area (Å²) in [5, 5.41) is 20.2. The number of aliphatic carboxylic acids is 1. The van der Waals surface area contributed by atoms with Crippen LogP contribution in [0.25, 0.3) is 0 Å². The van der Waals surface area contributed by atoms with Gasteiger partial charge in [-0.25, -0.2) is 9.59 Å². The van der Waals surface area contributed by atoms with E-state index in [1.54, 1.807) is 0 Å². The van der Waals surface area contributed by atoms with Gasteiger partial charge in [0.1, 0.15) is 0 Å². The van der Waals surface area contributed by atoms with Crippen LogP contribution < -0.4 is 5.32 Å². The molecule has 1 aromatic carbocycles. The number of aliphatic hydroxyl groups excluding tert-OH is 1. The first-order valence-corrected chi connectivity index (χ1v) is 7.39. The molecule has 0 aromatic heterocycles. The highest BCUT2D eigenvalue weighted by atomic mass is 16.5. The number of ether oxygens (including phenoxy) is 1. The number of carboxylic acid groups (broad SMARTS) is 1. The number of carbonyl (C=O) groups is 2. The number of unbranched alkanes of at least 4 members (excludes halogenated alkanes) is 2. The number of carboxylic acids is 1. The molecule has 0 fully saturated rings. The highest BCUT2D eigenvalue weighted by Crippen LogP contribution is 2.06. The lowest BCUT2D eigenvalue weighted by Crippen LogP contribution is -2.47. The predicted molar refractivity (Wildman–Crippen MR) is 81.6 cm³/mol. The number of benzene rings is 1. The molecule has 0 aliphatic heterocycles. The molecule has 0 saturated carbocycles. The van der Waals surface area contributed by atoms with Crippen molar-refractivity contribution in [1.29, 1.82) is 0 Å². The molecule has 0 radical (unpaired) electrons. The van der Waals surface area contributed by atoms with Crippen molar-refractivity contribution < 1.29 is 24.5 Å². The Balaban J connectivity index is 2.11. The number of alkyl carbamates (subject to hydrolysis) is 1. The summed E-state index contributed by atoms with van der Waals surface area (Å²) >= 11 is 0. The minimum atomic E-state index is -1.36. The predicted octanol–water partition coefficient (Wildman–Crippen LogP) is 1.96. The molecule has 1 rings (SSSR count). The molecule has 0 aliphatic carbocycles. The van der Waals surface area contributed by atoms with Crippen molar-refractivity contribution in [1.82, 2.24) is 5.32 Å². The first kappa shape index (κ1) is 18.0. The summed E-state index contributed by atoms with van der Waals surface area (Å²) in [5.74, 6) is -1.30. The van der Waals surface area contributed by atoms with Crippen molar-refractivity contribution in [3.63, 3.8) is 0 Å². The average Bonchev–Trinajstić information content (AvgIpc) is 2.48. The highest BCUT2D eigenvalue weighted by Gasteiger charge is 2.25. The van der Waals surface area contributed by atoms with Crippen LogP contribution in [0.4, 0.5) is 4.79 Å². The number of amides is 1. The van der Waals surface area contributed by atoms with Gasteiger partial charge in [0.05, 0.1) is 12.7 Å². The Hall–Kier alpha value is -2.08. The monoisotopic (exact) mass is 309 g/mol. The molecular formula is C16H23NO5. The average molecular weight is 309 g/mol. The third-order valence-corrected chi connectivity index (χ3v) is 3.21. The summed E-state index contributed by atoms with van der Waals surface area (Å²) in [4.78, 5) is 22.2. The SMILES string of the molecule is C[C@@H](O)[C@@H](NC(=O)OCCCCCc1ccccc1)C(=O)O. The second-order valence-corrected chi connectivity index (χ2v) is 5.13. The van der Waals surface area contributed by atoms with E-state index in [0.29, 0.717) is 6.42 Å². The van der Waals surface area contributed by atoms with Gasteiger partial charge in [-0.2, -0.15) is 0 Å². The van der Waals surface area contributed by atoms with Crippen LogP contribution in [0.5, 0.6) is 0 Å². The Kier molecular flexibility index (Phi) is 7.99. The first-order chi connectivity index (χ1) is 10.5. The fourth-order valence-electron chi connectivity index (χ4n) is 1.97. The molecule has 6 nitrogen and oxygen atoms in total. The van der Waals surface area contributed by atoms with Gasteiger partial charge in [-0.3, -0.25) is 0 Å². The summed E-state index contributed by atoms with van der Waals surface area (Å²) in [6, 6.07) is 8.78. The Morgan fingerprint density at radius 1 is 1.18 bits per heavy atom. The zero-order chi connectivity index (χ0) is 16.4. The van der Waals surface area contributed by atoms with Gasteiger partial charge < -0.3 is 20.3 Å². The van der Waals surface area contributed by atoms with Gasteiger partial charge in [0, 0.05) is 0 Å². The van der Waals surface area contributed by atoms with Gasteiger partial charge in [0.2, 0.25) is 0 Å². The van der Waals surface area contributed by atoms with Crippen molar-refractivity contribution in [2.45, 2.75) is 44.8 Å². The Morgan fingerprint density at radius 3 is 2.45 bits per heavy atom. The highest BCUT2D eigenvalue weighted by molar-refractivity contribution is 5.80. The molecule has 0 heterocycles. The van der Waals surface area contributed by atoms with Gasteiger partial charge in [-0.15, -0.1) is 0 Å². The molecule has 6 heteroatoms. The number of carbonyl (C=O) groups excluding carboxylic acids is 1. The largest absolute Gasteiger partial charge is 0.480 e. The Bertz CT molecular complexity index is 461. The lowest BCUT2D eigenvalue weighted by Gasteiger charge is -2.16. The van der Waals surface area contributed by atoms with Crippen LogP contribution in [-0.2, 0) is 16.0 Å². The number of aryl methyl sites for hydroxylation is 1. The molecular weight excluding hydrogens is 286 g/mol. The molecule has 3 N–H and O–H groups in total. The van der Waals surface area contributed by atoms with Gasteiger partial charge in [0.25, 0.3) is 0 Å². The Morgan fingerprint density at radius 2 is 1.86 bits per heavy atom. The van der Waals surface area contributed by atoms with E-state index in [2.05, 4.69) is 17.4 Å². The number of rotatable bonds is 9. The van der Waals surface area contributed by atoms with Crippen LogP contribution in [0.15, 0.2) is 30.3 Å². The summed E-state index contributed by atoms with van der Waals surface area (Å²) < 4.78 is 4.90. The van der Waals surface area contributed by atoms with Gasteiger partial charge in [-0.1, -0.05) is 30.3 Å². The van der Waals surface area contributed by atoms with Crippen molar-refractivity contribution in [2.24, 2.45) is 0 Å². The molecule has 1 aromatic rings. The maximum absolute atomic E-state index is 11.4. The number of hydrogen-bond acceptors (Lipinski definition) is 4. The van der Waals surface area contributed by atoms with Crippen molar-refractivity contribution >= 4 is 12.1 Å². The molecule has 122 valence electrons. The fraction of sp³-hybridized carbons (Fsp3) is 0.500. The summed E-state index contributed by atoms with van der Waals surface area (Å²) in [5.41, 5.74) is 1.28. The third kappa shape index (κ3) is 7.08. The minimum Gasteiger partial charge on any atom is -0.480 e. The van der Waals surface area contributed by atoms with E-state index in [0.717, 1.165) is 19.3 Å². The van der Waals surface area contributed by atoms with Crippen LogP contribution in [0, 0.1) is 0 Å². The third-order valence-electron chi connectivity index (χ3n) is 3.21. The van der Waals surface area contributed by atoms with Gasteiger partial charge in [-0.05, 0) is 38.2 Å². The number of hydrogen-bond donors (Lipinski definition) is 3. The second-order valence-electron chi connectivity index (χ2n) is 5.13. The van der Waals surface area contributed by atoms with E-state index in [9.17, 15) is 14.7 Å². The number of nitrogens with one attached hydrogen (secondary N) is 1. The zero-order valence-electron chi connectivity index (χ0n) is 12.7. The molecule has 0 bridgehead atoms. The van der Waals surface area contributed by atoms with Crippen molar-refractivity contribution in [3.8, 4) is 0 Å². The molecule has 0 saturated heterocycles.